The van der Waals surface area contributed by atoms with Gasteiger partial charge < -0.3 is 4.74 Å². The van der Waals surface area contributed by atoms with Crippen molar-refractivity contribution in [3.8, 4) is 5.75 Å². The molecule has 0 unspecified atom stereocenters. The maximum atomic E-state index is 10.6. The zero-order valence-corrected chi connectivity index (χ0v) is 13.9. The maximum Gasteiger partial charge on any atom is 0.269 e. The minimum absolute atomic E-state index is 0.0765. The van der Waals surface area contributed by atoms with Crippen LogP contribution in [0.3, 0.4) is 0 Å². The van der Waals surface area contributed by atoms with E-state index in [0.717, 1.165) is 30.0 Å². The average molecular weight is 326 g/mol. The summed E-state index contributed by atoms with van der Waals surface area (Å²) in [6.07, 6.45) is 6.44. The smallest absolute Gasteiger partial charge is 0.269 e. The fourth-order valence-corrected chi connectivity index (χ4v) is 2.18. The fraction of sp³-hybridized carbons (Fsp3) is 0.316. The Morgan fingerprint density at radius 2 is 1.75 bits per heavy atom. The average Bonchev–Trinajstić information content (AvgIpc) is 2.61. The number of ether oxygens (including phenoxy) is 1. The van der Waals surface area contributed by atoms with Gasteiger partial charge in [0.05, 0.1) is 17.2 Å². The molecule has 0 heterocycles. The number of rotatable bonds is 9. The van der Waals surface area contributed by atoms with Crippen LogP contribution in [0.15, 0.2) is 53.5 Å². The highest BCUT2D eigenvalue weighted by molar-refractivity contribution is 5.82. The summed E-state index contributed by atoms with van der Waals surface area (Å²) < 4.78 is 5.69. The Kier molecular flexibility index (Phi) is 6.95. The van der Waals surface area contributed by atoms with Crippen LogP contribution in [-0.2, 0) is 0 Å². The molecule has 0 radical (unpaired) electrons. The van der Waals surface area contributed by atoms with Crippen LogP contribution >= 0.6 is 0 Å². The van der Waals surface area contributed by atoms with Gasteiger partial charge in [-0.1, -0.05) is 26.2 Å². The summed E-state index contributed by atoms with van der Waals surface area (Å²) in [4.78, 5) is 14.6. The van der Waals surface area contributed by atoms with E-state index in [1.807, 2.05) is 24.3 Å². The molecule has 2 aromatic rings. The van der Waals surface area contributed by atoms with Crippen LogP contribution in [0, 0.1) is 10.1 Å². The summed E-state index contributed by atoms with van der Waals surface area (Å²) >= 11 is 0. The van der Waals surface area contributed by atoms with Gasteiger partial charge in [-0.15, -0.1) is 0 Å². The number of benzene rings is 2. The van der Waals surface area contributed by atoms with Gasteiger partial charge in [-0.3, -0.25) is 15.1 Å². The molecule has 0 spiro atoms. The van der Waals surface area contributed by atoms with Crippen molar-refractivity contribution >= 4 is 17.6 Å². The molecule has 5 nitrogen and oxygen atoms in total. The molecule has 0 aliphatic carbocycles. The van der Waals surface area contributed by atoms with Crippen molar-refractivity contribution in [3.63, 3.8) is 0 Å². The molecule has 5 heteroatoms. The predicted octanol–water partition coefficient (Wildman–Crippen LogP) is 5.30. The zero-order chi connectivity index (χ0) is 17.2. The van der Waals surface area contributed by atoms with Crippen molar-refractivity contribution in [2.24, 2.45) is 4.99 Å². The number of non-ortho nitro benzene ring substituents is 1. The monoisotopic (exact) mass is 326 g/mol. The fourth-order valence-electron chi connectivity index (χ4n) is 2.18. The van der Waals surface area contributed by atoms with E-state index in [0.29, 0.717) is 0 Å². The van der Waals surface area contributed by atoms with Crippen molar-refractivity contribution in [1.82, 2.24) is 0 Å². The van der Waals surface area contributed by atoms with Crippen LogP contribution < -0.4 is 4.74 Å². The molecule has 0 aliphatic rings. The molecular weight excluding hydrogens is 304 g/mol. The Bertz CT molecular complexity index is 664. The van der Waals surface area contributed by atoms with Gasteiger partial charge in [0.25, 0.3) is 5.69 Å². The Hall–Kier alpha value is -2.69. The molecule has 2 rings (SSSR count). The summed E-state index contributed by atoms with van der Waals surface area (Å²) in [5.41, 5.74) is 1.70. The highest BCUT2D eigenvalue weighted by atomic mass is 16.6. The Morgan fingerprint density at radius 1 is 1.04 bits per heavy atom. The van der Waals surface area contributed by atoms with E-state index in [9.17, 15) is 10.1 Å². The second kappa shape index (κ2) is 9.45. The van der Waals surface area contributed by atoms with Crippen molar-refractivity contribution in [2.45, 2.75) is 32.6 Å². The number of unbranched alkanes of at least 4 members (excludes halogenated alkanes) is 3. The largest absolute Gasteiger partial charge is 0.494 e. The van der Waals surface area contributed by atoms with Gasteiger partial charge in [0.1, 0.15) is 5.75 Å². The molecule has 2 aromatic carbocycles. The van der Waals surface area contributed by atoms with E-state index in [1.54, 1.807) is 18.3 Å². The predicted molar refractivity (Wildman–Crippen MR) is 96.4 cm³/mol. The van der Waals surface area contributed by atoms with Crippen LogP contribution in [-0.4, -0.2) is 17.7 Å². The summed E-state index contributed by atoms with van der Waals surface area (Å²) in [7, 11) is 0. The van der Waals surface area contributed by atoms with E-state index in [2.05, 4.69) is 11.9 Å². The second-order valence-corrected chi connectivity index (χ2v) is 5.51. The van der Waals surface area contributed by atoms with E-state index in [-0.39, 0.29) is 5.69 Å². The standard InChI is InChI=1S/C19H22N2O3/c1-2-3-4-5-14-24-19-12-8-17(9-13-19)20-15-16-6-10-18(11-7-16)21(22)23/h6-13,15H,2-5,14H2,1H3. The van der Waals surface area contributed by atoms with Gasteiger partial charge in [0.2, 0.25) is 0 Å². The molecule has 24 heavy (non-hydrogen) atoms. The highest BCUT2D eigenvalue weighted by Gasteiger charge is 2.02. The molecule has 0 bridgehead atoms. The van der Waals surface area contributed by atoms with Crippen molar-refractivity contribution in [3.05, 3.63) is 64.2 Å². The Labute approximate surface area is 142 Å². The van der Waals surface area contributed by atoms with Crippen molar-refractivity contribution in [2.75, 3.05) is 6.61 Å². The summed E-state index contributed by atoms with van der Waals surface area (Å²) in [6, 6.07) is 13.9. The van der Waals surface area contributed by atoms with Gasteiger partial charge in [-0.05, 0) is 48.4 Å². The van der Waals surface area contributed by atoms with E-state index in [1.165, 1.54) is 31.4 Å². The van der Waals surface area contributed by atoms with Crippen LogP contribution in [0.1, 0.15) is 38.2 Å². The van der Waals surface area contributed by atoms with Gasteiger partial charge >= 0.3 is 0 Å². The van der Waals surface area contributed by atoms with Crippen LogP contribution in [0.25, 0.3) is 0 Å². The Morgan fingerprint density at radius 3 is 2.38 bits per heavy atom. The third-order valence-corrected chi connectivity index (χ3v) is 3.57. The molecule has 0 aliphatic heterocycles. The van der Waals surface area contributed by atoms with E-state index in [4.69, 9.17) is 4.74 Å². The first kappa shape index (κ1) is 17.7. The zero-order valence-electron chi connectivity index (χ0n) is 13.9. The van der Waals surface area contributed by atoms with Gasteiger partial charge in [0, 0.05) is 18.3 Å². The van der Waals surface area contributed by atoms with E-state index >= 15 is 0 Å². The molecule has 126 valence electrons. The first-order chi connectivity index (χ1) is 11.7. The molecule has 0 atom stereocenters. The van der Waals surface area contributed by atoms with Crippen LogP contribution in [0.2, 0.25) is 0 Å². The Balaban J connectivity index is 1.85. The van der Waals surface area contributed by atoms with Crippen LogP contribution in [0.5, 0.6) is 5.75 Å². The van der Waals surface area contributed by atoms with Gasteiger partial charge in [-0.2, -0.15) is 0 Å². The number of nitro groups is 1. The number of hydrogen-bond donors (Lipinski definition) is 0. The van der Waals surface area contributed by atoms with Gasteiger partial charge in [0.15, 0.2) is 0 Å². The molecule has 0 fully saturated rings. The number of nitro benzene ring substituents is 1. The molecule has 0 N–H and O–H groups in total. The quantitative estimate of drug-likeness (QED) is 0.272. The molecule has 0 aromatic heterocycles. The normalized spacial score (nSPS) is 10.9. The number of nitrogens with zero attached hydrogens (tertiary/aromatic N) is 2. The lowest BCUT2D eigenvalue weighted by atomic mass is 10.2. The molecular formula is C19H22N2O3. The first-order valence-corrected chi connectivity index (χ1v) is 8.20. The molecule has 0 amide bonds. The van der Waals surface area contributed by atoms with Gasteiger partial charge in [-0.25, -0.2) is 0 Å². The van der Waals surface area contributed by atoms with E-state index < -0.39 is 4.92 Å². The lowest BCUT2D eigenvalue weighted by Gasteiger charge is -2.05. The molecule has 0 saturated heterocycles. The third-order valence-electron chi connectivity index (χ3n) is 3.57. The van der Waals surface area contributed by atoms with Crippen molar-refractivity contribution < 1.29 is 9.66 Å². The second-order valence-electron chi connectivity index (χ2n) is 5.51. The minimum Gasteiger partial charge on any atom is -0.494 e. The summed E-state index contributed by atoms with van der Waals surface area (Å²) in [5.74, 6) is 0.848. The maximum absolute atomic E-state index is 10.6. The lowest BCUT2D eigenvalue weighted by molar-refractivity contribution is -0.384. The highest BCUT2D eigenvalue weighted by Crippen LogP contribution is 2.19. The number of hydrogen-bond acceptors (Lipinski definition) is 4. The van der Waals surface area contributed by atoms with Crippen molar-refractivity contribution in [1.29, 1.82) is 0 Å². The third kappa shape index (κ3) is 5.83. The van der Waals surface area contributed by atoms with Crippen LogP contribution in [0.4, 0.5) is 11.4 Å². The minimum atomic E-state index is -0.415. The summed E-state index contributed by atoms with van der Waals surface area (Å²) in [5, 5.41) is 10.6. The molecule has 0 saturated carbocycles. The topological polar surface area (TPSA) is 64.7 Å². The number of aliphatic imine (C=N–C) groups is 1. The lowest BCUT2D eigenvalue weighted by Crippen LogP contribution is -1.96. The summed E-state index contributed by atoms with van der Waals surface area (Å²) in [6.45, 7) is 2.93. The first-order valence-electron chi connectivity index (χ1n) is 8.20. The SMILES string of the molecule is CCCCCCOc1ccc(N=Cc2ccc([N+](=O)[O-])cc2)cc1.